The quantitative estimate of drug-likeness (QED) is 0.922. The molecular weight excluding hydrogens is 271 g/mol. The van der Waals surface area contributed by atoms with Crippen LogP contribution in [0.1, 0.15) is 13.3 Å². The van der Waals surface area contributed by atoms with Gasteiger partial charge in [0.2, 0.25) is 0 Å². The Hall–Kier alpha value is -1.33. The van der Waals surface area contributed by atoms with Crippen molar-refractivity contribution in [1.82, 2.24) is 4.90 Å². The van der Waals surface area contributed by atoms with Gasteiger partial charge in [0.25, 0.3) is 5.91 Å². The van der Waals surface area contributed by atoms with Crippen LogP contribution in [0, 0.1) is 5.82 Å². The first-order valence-corrected chi connectivity index (χ1v) is 6.51. The lowest BCUT2D eigenvalue weighted by Gasteiger charge is -2.21. The van der Waals surface area contributed by atoms with Gasteiger partial charge < -0.3 is 15.4 Å². The van der Waals surface area contributed by atoms with Crippen LogP contribution in [0.25, 0.3) is 0 Å². The van der Waals surface area contributed by atoms with Gasteiger partial charge in [0, 0.05) is 19.1 Å². The van der Waals surface area contributed by atoms with Gasteiger partial charge in [-0.1, -0.05) is 11.6 Å². The molecule has 0 saturated carbocycles. The number of carbonyl (C=O) groups excluding carboxylic acids is 1. The van der Waals surface area contributed by atoms with Crippen LogP contribution in [-0.2, 0) is 4.79 Å². The Kier molecular flexibility index (Phi) is 4.27. The van der Waals surface area contributed by atoms with Crippen LogP contribution in [0.2, 0.25) is 5.02 Å². The molecule has 1 heterocycles. The number of amides is 1. The van der Waals surface area contributed by atoms with Gasteiger partial charge in [0.05, 0.1) is 5.02 Å². The van der Waals surface area contributed by atoms with Gasteiger partial charge in [-0.25, -0.2) is 4.39 Å². The highest BCUT2D eigenvalue weighted by Gasteiger charge is 2.28. The molecule has 2 rings (SSSR count). The topological polar surface area (TPSA) is 55.6 Å². The van der Waals surface area contributed by atoms with Crippen LogP contribution in [-0.4, -0.2) is 36.0 Å². The van der Waals surface area contributed by atoms with Crippen LogP contribution in [0.15, 0.2) is 18.2 Å². The maximum Gasteiger partial charge on any atom is 0.263 e. The highest BCUT2D eigenvalue weighted by Crippen LogP contribution is 2.26. The highest BCUT2D eigenvalue weighted by atomic mass is 35.5. The third-order valence-corrected chi connectivity index (χ3v) is 3.38. The molecule has 1 saturated heterocycles. The molecule has 1 aliphatic heterocycles. The van der Waals surface area contributed by atoms with E-state index in [0.717, 1.165) is 12.5 Å². The molecule has 4 nitrogen and oxygen atoms in total. The molecule has 0 radical (unpaired) electrons. The minimum absolute atomic E-state index is 0.0329. The number of hydrogen-bond acceptors (Lipinski definition) is 3. The third kappa shape index (κ3) is 3.36. The van der Waals surface area contributed by atoms with Crippen molar-refractivity contribution in [2.24, 2.45) is 5.73 Å². The molecule has 0 aliphatic carbocycles. The second kappa shape index (κ2) is 5.75. The zero-order valence-corrected chi connectivity index (χ0v) is 11.4. The summed E-state index contributed by atoms with van der Waals surface area (Å²) in [5.74, 6) is -0.275. The second-order valence-corrected chi connectivity index (χ2v) is 5.08. The van der Waals surface area contributed by atoms with E-state index >= 15 is 0 Å². The molecular formula is C13H16ClFN2O2. The summed E-state index contributed by atoms with van der Waals surface area (Å²) in [5, 5.41) is 0.151. The summed E-state index contributed by atoms with van der Waals surface area (Å²) in [6.07, 6.45) is 0.128. The summed E-state index contributed by atoms with van der Waals surface area (Å²) in [7, 11) is 0. The number of carbonyl (C=O) groups is 1. The first kappa shape index (κ1) is 14.1. The van der Waals surface area contributed by atoms with E-state index in [2.05, 4.69) is 0 Å². The Morgan fingerprint density at radius 2 is 2.37 bits per heavy atom. The lowest BCUT2D eigenvalue weighted by molar-refractivity contribution is -0.136. The standard InChI is InChI=1S/C13H16ClFN2O2/c1-8(13(18)17-5-4-10(16)7-17)19-12-3-2-9(15)6-11(12)14/h2-3,6,8,10H,4-5,7,16H2,1H3/t8-,10-/m1/s1. The Morgan fingerprint density at radius 1 is 1.63 bits per heavy atom. The van der Waals surface area contributed by atoms with E-state index in [0.29, 0.717) is 18.8 Å². The fourth-order valence-electron chi connectivity index (χ4n) is 2.06. The molecule has 1 aliphatic rings. The number of nitrogens with two attached hydrogens (primary N) is 1. The third-order valence-electron chi connectivity index (χ3n) is 3.08. The molecule has 1 aromatic carbocycles. The predicted octanol–water partition coefficient (Wildman–Crippen LogP) is 1.81. The molecule has 0 unspecified atom stereocenters. The van der Waals surface area contributed by atoms with E-state index in [-0.39, 0.29) is 17.0 Å². The van der Waals surface area contributed by atoms with Crippen molar-refractivity contribution in [2.75, 3.05) is 13.1 Å². The molecule has 1 amide bonds. The minimum Gasteiger partial charge on any atom is -0.479 e. The van der Waals surface area contributed by atoms with Gasteiger partial charge in [-0.15, -0.1) is 0 Å². The fraction of sp³-hybridized carbons (Fsp3) is 0.462. The van der Waals surface area contributed by atoms with Crippen molar-refractivity contribution in [3.63, 3.8) is 0 Å². The molecule has 2 N–H and O–H groups in total. The average Bonchev–Trinajstić information content (AvgIpc) is 2.78. The van der Waals surface area contributed by atoms with Crippen LogP contribution in [0.5, 0.6) is 5.75 Å². The smallest absolute Gasteiger partial charge is 0.263 e. The van der Waals surface area contributed by atoms with E-state index in [9.17, 15) is 9.18 Å². The summed E-state index contributed by atoms with van der Waals surface area (Å²) in [6.45, 7) is 2.83. The minimum atomic E-state index is -0.673. The number of nitrogens with zero attached hydrogens (tertiary/aromatic N) is 1. The van der Waals surface area contributed by atoms with E-state index in [1.165, 1.54) is 12.1 Å². The van der Waals surface area contributed by atoms with Crippen LogP contribution >= 0.6 is 11.6 Å². The van der Waals surface area contributed by atoms with Gasteiger partial charge in [0.15, 0.2) is 6.10 Å². The number of rotatable bonds is 3. The van der Waals surface area contributed by atoms with Crippen LogP contribution in [0.3, 0.4) is 0 Å². The van der Waals surface area contributed by atoms with Crippen molar-refractivity contribution in [1.29, 1.82) is 0 Å². The van der Waals surface area contributed by atoms with Gasteiger partial charge in [-0.2, -0.15) is 0 Å². The Morgan fingerprint density at radius 3 is 2.95 bits per heavy atom. The normalized spacial score (nSPS) is 20.4. The molecule has 104 valence electrons. The van der Waals surface area contributed by atoms with Gasteiger partial charge >= 0.3 is 0 Å². The summed E-state index contributed by atoms with van der Waals surface area (Å²) < 4.78 is 18.4. The van der Waals surface area contributed by atoms with Crippen LogP contribution < -0.4 is 10.5 Å². The van der Waals surface area contributed by atoms with E-state index in [1.54, 1.807) is 11.8 Å². The Bertz CT molecular complexity index is 484. The number of benzene rings is 1. The van der Waals surface area contributed by atoms with Crippen molar-refractivity contribution in [3.8, 4) is 5.75 Å². The second-order valence-electron chi connectivity index (χ2n) is 4.67. The van der Waals surface area contributed by atoms with Gasteiger partial charge in [-0.05, 0) is 31.5 Å². The maximum absolute atomic E-state index is 12.9. The lowest BCUT2D eigenvalue weighted by Crippen LogP contribution is -2.40. The van der Waals surface area contributed by atoms with Gasteiger partial charge in [-0.3, -0.25) is 4.79 Å². The number of hydrogen-bond donors (Lipinski definition) is 1. The highest BCUT2D eigenvalue weighted by molar-refractivity contribution is 6.32. The first-order valence-electron chi connectivity index (χ1n) is 6.13. The molecule has 1 aromatic rings. The first-order chi connectivity index (χ1) is 8.97. The lowest BCUT2D eigenvalue weighted by atomic mass is 10.3. The van der Waals surface area contributed by atoms with Crippen molar-refractivity contribution >= 4 is 17.5 Å². The van der Waals surface area contributed by atoms with E-state index < -0.39 is 11.9 Å². The zero-order chi connectivity index (χ0) is 14.0. The average molecular weight is 287 g/mol. The Balaban J connectivity index is 2.00. The predicted molar refractivity (Wildman–Crippen MR) is 70.7 cm³/mol. The van der Waals surface area contributed by atoms with Crippen LogP contribution in [0.4, 0.5) is 4.39 Å². The summed E-state index contributed by atoms with van der Waals surface area (Å²) in [4.78, 5) is 13.8. The maximum atomic E-state index is 12.9. The van der Waals surface area contributed by atoms with Crippen molar-refractivity contribution < 1.29 is 13.9 Å². The van der Waals surface area contributed by atoms with Gasteiger partial charge in [0.1, 0.15) is 11.6 Å². The molecule has 2 atom stereocenters. The fourth-order valence-corrected chi connectivity index (χ4v) is 2.27. The molecule has 0 aromatic heterocycles. The summed E-state index contributed by atoms with van der Waals surface area (Å²) >= 11 is 5.85. The van der Waals surface area contributed by atoms with Crippen molar-refractivity contribution in [2.45, 2.75) is 25.5 Å². The van der Waals surface area contributed by atoms with Crippen molar-refractivity contribution in [3.05, 3.63) is 29.0 Å². The molecule has 6 heteroatoms. The summed E-state index contributed by atoms with van der Waals surface area (Å²) in [5.41, 5.74) is 5.76. The summed E-state index contributed by atoms with van der Waals surface area (Å²) in [6, 6.07) is 3.84. The molecule has 19 heavy (non-hydrogen) atoms. The molecule has 0 spiro atoms. The number of ether oxygens (including phenoxy) is 1. The molecule has 1 fully saturated rings. The van der Waals surface area contributed by atoms with E-state index in [1.807, 2.05) is 0 Å². The number of halogens is 2. The zero-order valence-electron chi connectivity index (χ0n) is 10.6. The monoisotopic (exact) mass is 286 g/mol. The number of likely N-dealkylation sites (tertiary alicyclic amines) is 1. The molecule has 0 bridgehead atoms. The largest absolute Gasteiger partial charge is 0.479 e. The Labute approximate surface area is 116 Å². The van der Waals surface area contributed by atoms with E-state index in [4.69, 9.17) is 22.1 Å². The SMILES string of the molecule is C[C@@H](Oc1ccc(F)cc1Cl)C(=O)N1CC[C@@H](N)C1.